The van der Waals surface area contributed by atoms with Gasteiger partial charge in [0, 0.05) is 43.6 Å². The van der Waals surface area contributed by atoms with Crippen molar-refractivity contribution in [1.82, 2.24) is 10.6 Å². The number of hydrogen-bond donors (Lipinski definition) is 3. The fraction of sp³-hybridized carbons (Fsp3) is 0.500. The first-order chi connectivity index (χ1) is 9.57. The number of hydrogen-bond acceptors (Lipinski definition) is 3. The molecular formula is C14H19BrN2O3. The van der Waals surface area contributed by atoms with E-state index in [1.807, 2.05) is 24.3 Å². The van der Waals surface area contributed by atoms with Gasteiger partial charge in [0.2, 0.25) is 0 Å². The molecule has 3 N–H and O–H groups in total. The lowest BCUT2D eigenvalue weighted by Crippen LogP contribution is -2.48. The van der Waals surface area contributed by atoms with E-state index in [1.165, 1.54) is 0 Å². The normalized spacial score (nSPS) is 17.5. The van der Waals surface area contributed by atoms with Gasteiger partial charge in [-0.3, -0.25) is 0 Å². The minimum atomic E-state index is -0.840. The van der Waals surface area contributed by atoms with E-state index in [-0.39, 0.29) is 12.6 Å². The Morgan fingerprint density at radius 1 is 1.25 bits per heavy atom. The highest BCUT2D eigenvalue weighted by Crippen LogP contribution is 2.19. The highest BCUT2D eigenvalue weighted by Gasteiger charge is 2.29. The van der Waals surface area contributed by atoms with Crippen molar-refractivity contribution in [2.24, 2.45) is 0 Å². The summed E-state index contributed by atoms with van der Waals surface area (Å²) in [4.78, 5) is 11.7. The molecule has 0 aliphatic carbocycles. The maximum atomic E-state index is 11.7. The molecule has 1 aromatic carbocycles. The molecule has 0 bridgehead atoms. The molecule has 1 fully saturated rings. The summed E-state index contributed by atoms with van der Waals surface area (Å²) in [5, 5.41) is 15.7. The summed E-state index contributed by atoms with van der Waals surface area (Å²) >= 11 is 3.36. The van der Waals surface area contributed by atoms with Gasteiger partial charge in [-0.25, -0.2) is 4.79 Å². The predicted octanol–water partition coefficient (Wildman–Crippen LogP) is 1.79. The molecule has 0 spiro atoms. The molecule has 0 radical (unpaired) electrons. The Labute approximate surface area is 126 Å². The quantitative estimate of drug-likeness (QED) is 0.781. The summed E-state index contributed by atoms with van der Waals surface area (Å²) in [7, 11) is 0. The Hall–Kier alpha value is -1.11. The number of aliphatic hydroxyl groups is 1. The van der Waals surface area contributed by atoms with Crippen LogP contribution in [0.4, 0.5) is 4.79 Å². The second-order valence-electron chi connectivity index (χ2n) is 5.00. The van der Waals surface area contributed by atoms with E-state index < -0.39 is 5.60 Å². The van der Waals surface area contributed by atoms with Gasteiger partial charge < -0.3 is 20.5 Å². The van der Waals surface area contributed by atoms with Crippen molar-refractivity contribution < 1.29 is 14.6 Å². The van der Waals surface area contributed by atoms with Crippen molar-refractivity contribution in [2.45, 2.75) is 25.0 Å². The summed E-state index contributed by atoms with van der Waals surface area (Å²) in [6.07, 6.45) is 1.11. The summed E-state index contributed by atoms with van der Waals surface area (Å²) in [6, 6.07) is 7.47. The summed E-state index contributed by atoms with van der Waals surface area (Å²) in [5.74, 6) is 0. The first-order valence-electron chi connectivity index (χ1n) is 6.64. The van der Waals surface area contributed by atoms with Gasteiger partial charge in [-0.15, -0.1) is 0 Å². The SMILES string of the molecule is O=C(NCc1ccc(Br)cc1)NCC1(O)CCOCC1. The van der Waals surface area contributed by atoms with Crippen molar-refractivity contribution in [2.75, 3.05) is 19.8 Å². The molecule has 1 aromatic rings. The highest BCUT2D eigenvalue weighted by molar-refractivity contribution is 9.10. The van der Waals surface area contributed by atoms with Crippen molar-refractivity contribution in [3.63, 3.8) is 0 Å². The molecule has 6 heteroatoms. The molecule has 1 aliphatic heterocycles. The van der Waals surface area contributed by atoms with Crippen LogP contribution in [-0.2, 0) is 11.3 Å². The molecule has 0 aromatic heterocycles. The largest absolute Gasteiger partial charge is 0.388 e. The Kier molecular flexibility index (Phi) is 5.39. The third kappa shape index (κ3) is 4.77. The zero-order chi connectivity index (χ0) is 14.4. The van der Waals surface area contributed by atoms with Gasteiger partial charge in [0.25, 0.3) is 0 Å². The van der Waals surface area contributed by atoms with Crippen LogP contribution in [0.5, 0.6) is 0 Å². The molecular weight excluding hydrogens is 324 g/mol. The predicted molar refractivity (Wildman–Crippen MR) is 79.4 cm³/mol. The zero-order valence-corrected chi connectivity index (χ0v) is 12.8. The number of rotatable bonds is 4. The van der Waals surface area contributed by atoms with Gasteiger partial charge in [0.15, 0.2) is 0 Å². The molecule has 1 saturated heterocycles. The second-order valence-corrected chi connectivity index (χ2v) is 5.92. The van der Waals surface area contributed by atoms with Crippen molar-refractivity contribution >= 4 is 22.0 Å². The zero-order valence-electron chi connectivity index (χ0n) is 11.2. The van der Waals surface area contributed by atoms with Crippen molar-refractivity contribution in [3.05, 3.63) is 34.3 Å². The number of ether oxygens (including phenoxy) is 1. The van der Waals surface area contributed by atoms with E-state index in [4.69, 9.17) is 4.74 Å². The van der Waals surface area contributed by atoms with Gasteiger partial charge >= 0.3 is 6.03 Å². The van der Waals surface area contributed by atoms with E-state index in [0.717, 1.165) is 10.0 Å². The van der Waals surface area contributed by atoms with Gasteiger partial charge in [-0.1, -0.05) is 28.1 Å². The van der Waals surface area contributed by atoms with Crippen LogP contribution in [0.1, 0.15) is 18.4 Å². The number of benzene rings is 1. The number of nitrogens with one attached hydrogen (secondary N) is 2. The van der Waals surface area contributed by atoms with Gasteiger partial charge in [-0.05, 0) is 17.7 Å². The maximum absolute atomic E-state index is 11.7. The van der Waals surface area contributed by atoms with Gasteiger partial charge in [0.1, 0.15) is 0 Å². The van der Waals surface area contributed by atoms with E-state index in [9.17, 15) is 9.90 Å². The average molecular weight is 343 g/mol. The van der Waals surface area contributed by atoms with Crippen LogP contribution in [0.25, 0.3) is 0 Å². The van der Waals surface area contributed by atoms with Gasteiger partial charge in [-0.2, -0.15) is 0 Å². The fourth-order valence-electron chi connectivity index (χ4n) is 2.02. The Morgan fingerprint density at radius 3 is 2.55 bits per heavy atom. The van der Waals surface area contributed by atoms with E-state index >= 15 is 0 Å². The van der Waals surface area contributed by atoms with Gasteiger partial charge in [0.05, 0.1) is 5.60 Å². The van der Waals surface area contributed by atoms with Crippen LogP contribution in [0.3, 0.4) is 0 Å². The minimum Gasteiger partial charge on any atom is -0.388 e. The highest BCUT2D eigenvalue weighted by atomic mass is 79.9. The first-order valence-corrected chi connectivity index (χ1v) is 7.43. The Morgan fingerprint density at radius 2 is 1.90 bits per heavy atom. The Balaban J connectivity index is 1.71. The van der Waals surface area contributed by atoms with Crippen molar-refractivity contribution in [3.8, 4) is 0 Å². The average Bonchev–Trinajstić information content (AvgIpc) is 2.45. The molecule has 0 unspecified atom stereocenters. The Bertz CT molecular complexity index is 444. The molecule has 2 rings (SSSR count). The number of carbonyl (C=O) groups excluding carboxylic acids is 1. The van der Waals surface area contributed by atoms with Crippen LogP contribution in [0.2, 0.25) is 0 Å². The minimum absolute atomic E-state index is 0.253. The number of urea groups is 1. The molecule has 1 aliphatic rings. The first kappa shape index (κ1) is 15.3. The fourth-order valence-corrected chi connectivity index (χ4v) is 2.28. The molecule has 5 nitrogen and oxygen atoms in total. The monoisotopic (exact) mass is 342 g/mol. The topological polar surface area (TPSA) is 70.6 Å². The second kappa shape index (κ2) is 7.06. The van der Waals surface area contributed by atoms with E-state index in [0.29, 0.717) is 32.6 Å². The smallest absolute Gasteiger partial charge is 0.315 e. The van der Waals surface area contributed by atoms with Crippen LogP contribution < -0.4 is 10.6 Å². The summed E-state index contributed by atoms with van der Waals surface area (Å²) in [6.45, 7) is 1.79. The molecule has 20 heavy (non-hydrogen) atoms. The number of carbonyl (C=O) groups is 1. The lowest BCUT2D eigenvalue weighted by atomic mass is 9.94. The molecule has 1 heterocycles. The molecule has 0 saturated carbocycles. The molecule has 110 valence electrons. The van der Waals surface area contributed by atoms with Crippen LogP contribution in [-0.4, -0.2) is 36.5 Å². The number of halogens is 1. The summed E-state index contributed by atoms with van der Waals surface area (Å²) < 4.78 is 6.20. The van der Waals surface area contributed by atoms with E-state index in [1.54, 1.807) is 0 Å². The van der Waals surface area contributed by atoms with Crippen LogP contribution >= 0.6 is 15.9 Å². The van der Waals surface area contributed by atoms with E-state index in [2.05, 4.69) is 26.6 Å². The summed E-state index contributed by atoms with van der Waals surface area (Å²) in [5.41, 5.74) is 0.181. The lowest BCUT2D eigenvalue weighted by molar-refractivity contribution is -0.0600. The molecule has 2 amide bonds. The lowest BCUT2D eigenvalue weighted by Gasteiger charge is -2.32. The van der Waals surface area contributed by atoms with Crippen LogP contribution in [0.15, 0.2) is 28.7 Å². The standard InChI is InChI=1S/C14H19BrN2O3/c15-12-3-1-11(2-4-12)9-16-13(18)17-10-14(19)5-7-20-8-6-14/h1-4,19H,5-10H2,(H2,16,17,18). The van der Waals surface area contributed by atoms with Crippen molar-refractivity contribution in [1.29, 1.82) is 0 Å². The maximum Gasteiger partial charge on any atom is 0.315 e. The third-order valence-electron chi connectivity index (χ3n) is 3.37. The number of amides is 2. The molecule has 0 atom stereocenters. The van der Waals surface area contributed by atoms with Crippen LogP contribution in [0, 0.1) is 0 Å². The third-order valence-corrected chi connectivity index (χ3v) is 3.90.